The molecule has 1 aliphatic heterocycles. The quantitative estimate of drug-likeness (QED) is 0.401. The normalized spacial score (nSPS) is 14.6. The van der Waals surface area contributed by atoms with Gasteiger partial charge in [0, 0.05) is 18.7 Å². The number of fused-ring (bicyclic) bond motifs is 1. The maximum atomic E-state index is 13.3. The van der Waals surface area contributed by atoms with Gasteiger partial charge in [0.1, 0.15) is 0 Å². The second kappa shape index (κ2) is 10.1. The maximum absolute atomic E-state index is 13.3. The van der Waals surface area contributed by atoms with E-state index >= 15 is 0 Å². The number of aromatic nitrogens is 3. The van der Waals surface area contributed by atoms with Crippen LogP contribution in [0.1, 0.15) is 22.8 Å². The summed E-state index contributed by atoms with van der Waals surface area (Å²) in [5, 5.41) is 5.09. The van der Waals surface area contributed by atoms with Gasteiger partial charge in [0.15, 0.2) is 11.8 Å². The SMILES string of the molecule is CC(OC(=O)c1cc(-c2ccccc2)nc2c1cnn2Cc1ccccc1)C(=O)N1CCOCC1. The first-order valence-electron chi connectivity index (χ1n) is 11.6. The summed E-state index contributed by atoms with van der Waals surface area (Å²) >= 11 is 0. The summed E-state index contributed by atoms with van der Waals surface area (Å²) < 4.78 is 12.7. The molecule has 0 bridgehead atoms. The Labute approximate surface area is 203 Å². The van der Waals surface area contributed by atoms with Gasteiger partial charge >= 0.3 is 5.97 Å². The fourth-order valence-electron chi connectivity index (χ4n) is 4.16. The number of ether oxygens (including phenoxy) is 2. The van der Waals surface area contributed by atoms with Crippen LogP contribution in [0.5, 0.6) is 0 Å². The first-order valence-corrected chi connectivity index (χ1v) is 11.6. The molecule has 3 heterocycles. The van der Waals surface area contributed by atoms with E-state index in [1.807, 2.05) is 60.7 Å². The predicted octanol–water partition coefficient (Wildman–Crippen LogP) is 3.55. The van der Waals surface area contributed by atoms with Gasteiger partial charge in [-0.05, 0) is 18.6 Å². The van der Waals surface area contributed by atoms with Crippen LogP contribution in [0.2, 0.25) is 0 Å². The van der Waals surface area contributed by atoms with Crippen LogP contribution in [0.3, 0.4) is 0 Å². The molecule has 0 aliphatic carbocycles. The van der Waals surface area contributed by atoms with Crippen molar-refractivity contribution in [2.45, 2.75) is 19.6 Å². The van der Waals surface area contributed by atoms with Gasteiger partial charge in [-0.2, -0.15) is 5.10 Å². The highest BCUT2D eigenvalue weighted by Gasteiger charge is 2.27. The Balaban J connectivity index is 1.49. The molecule has 1 aliphatic rings. The highest BCUT2D eigenvalue weighted by Crippen LogP contribution is 2.26. The van der Waals surface area contributed by atoms with Crippen LogP contribution in [-0.4, -0.2) is 63.9 Å². The van der Waals surface area contributed by atoms with E-state index in [4.69, 9.17) is 14.5 Å². The highest BCUT2D eigenvalue weighted by atomic mass is 16.5. The molecule has 5 rings (SSSR count). The lowest BCUT2D eigenvalue weighted by molar-refractivity contribution is -0.143. The van der Waals surface area contributed by atoms with Gasteiger partial charge in [-0.25, -0.2) is 14.5 Å². The van der Waals surface area contributed by atoms with Crippen LogP contribution < -0.4 is 0 Å². The van der Waals surface area contributed by atoms with Crippen molar-refractivity contribution in [2.24, 2.45) is 0 Å². The minimum atomic E-state index is -0.914. The van der Waals surface area contributed by atoms with Gasteiger partial charge in [-0.1, -0.05) is 60.7 Å². The lowest BCUT2D eigenvalue weighted by Crippen LogP contribution is -2.46. The van der Waals surface area contributed by atoms with Gasteiger partial charge < -0.3 is 14.4 Å². The molecule has 1 amide bonds. The van der Waals surface area contributed by atoms with Crippen molar-refractivity contribution in [1.29, 1.82) is 0 Å². The van der Waals surface area contributed by atoms with Crippen molar-refractivity contribution >= 4 is 22.9 Å². The smallest absolute Gasteiger partial charge is 0.339 e. The number of carbonyl (C=O) groups excluding carboxylic acids is 2. The molecule has 4 aromatic rings. The van der Waals surface area contributed by atoms with Crippen LogP contribution in [0.25, 0.3) is 22.3 Å². The number of carbonyl (C=O) groups is 2. The van der Waals surface area contributed by atoms with Crippen LogP contribution in [0.4, 0.5) is 0 Å². The van der Waals surface area contributed by atoms with Crippen LogP contribution in [0.15, 0.2) is 72.9 Å². The third-order valence-electron chi connectivity index (χ3n) is 6.03. The second-order valence-electron chi connectivity index (χ2n) is 8.43. The summed E-state index contributed by atoms with van der Waals surface area (Å²) in [5.74, 6) is -0.807. The van der Waals surface area contributed by atoms with E-state index in [0.29, 0.717) is 55.1 Å². The van der Waals surface area contributed by atoms with E-state index in [1.54, 1.807) is 28.8 Å². The Morgan fingerprint density at radius 2 is 1.71 bits per heavy atom. The third kappa shape index (κ3) is 4.93. The number of morpholine rings is 1. The molecule has 8 heteroatoms. The summed E-state index contributed by atoms with van der Waals surface area (Å²) in [6.07, 6.45) is 0.717. The second-order valence-corrected chi connectivity index (χ2v) is 8.43. The monoisotopic (exact) mass is 470 g/mol. The maximum Gasteiger partial charge on any atom is 0.339 e. The molecule has 0 spiro atoms. The third-order valence-corrected chi connectivity index (χ3v) is 6.03. The lowest BCUT2D eigenvalue weighted by atomic mass is 10.1. The molecule has 1 saturated heterocycles. The molecule has 1 unspecified atom stereocenters. The Morgan fingerprint density at radius 3 is 2.43 bits per heavy atom. The average Bonchev–Trinajstić information content (AvgIpc) is 3.31. The summed E-state index contributed by atoms with van der Waals surface area (Å²) in [7, 11) is 0. The molecule has 2 aromatic heterocycles. The molecule has 0 radical (unpaired) electrons. The molecule has 0 saturated carbocycles. The van der Waals surface area contributed by atoms with E-state index in [2.05, 4.69) is 5.10 Å². The predicted molar refractivity (Wildman–Crippen MR) is 131 cm³/mol. The zero-order valence-corrected chi connectivity index (χ0v) is 19.5. The average molecular weight is 471 g/mol. The van der Waals surface area contributed by atoms with Gasteiger partial charge in [0.2, 0.25) is 0 Å². The van der Waals surface area contributed by atoms with Crippen molar-refractivity contribution < 1.29 is 19.1 Å². The van der Waals surface area contributed by atoms with Gasteiger partial charge in [-0.15, -0.1) is 0 Å². The van der Waals surface area contributed by atoms with Gasteiger partial charge in [-0.3, -0.25) is 4.79 Å². The number of amides is 1. The Hall–Kier alpha value is -4.04. The molecular formula is C27H26N4O4. The van der Waals surface area contributed by atoms with Crippen LogP contribution >= 0.6 is 0 Å². The van der Waals surface area contributed by atoms with E-state index < -0.39 is 12.1 Å². The number of hydrogen-bond acceptors (Lipinski definition) is 6. The van der Waals surface area contributed by atoms with E-state index in [1.165, 1.54) is 0 Å². The molecule has 35 heavy (non-hydrogen) atoms. The van der Waals surface area contributed by atoms with Crippen LogP contribution in [-0.2, 0) is 20.8 Å². The Kier molecular flexibility index (Phi) is 6.54. The van der Waals surface area contributed by atoms with E-state index in [0.717, 1.165) is 11.1 Å². The van der Waals surface area contributed by atoms with Crippen molar-refractivity contribution in [1.82, 2.24) is 19.7 Å². The largest absolute Gasteiger partial charge is 0.449 e. The number of nitrogens with zero attached hydrogens (tertiary/aromatic N) is 4. The number of benzene rings is 2. The molecule has 0 N–H and O–H groups in total. The van der Waals surface area contributed by atoms with Gasteiger partial charge in [0.25, 0.3) is 5.91 Å². The molecule has 1 atom stereocenters. The van der Waals surface area contributed by atoms with Crippen molar-refractivity contribution in [2.75, 3.05) is 26.3 Å². The minimum absolute atomic E-state index is 0.227. The summed E-state index contributed by atoms with van der Waals surface area (Å²) in [5.41, 5.74) is 3.47. The van der Waals surface area contributed by atoms with E-state index in [9.17, 15) is 9.59 Å². The van der Waals surface area contributed by atoms with Crippen LogP contribution in [0, 0.1) is 0 Å². The van der Waals surface area contributed by atoms with Crippen molar-refractivity contribution in [3.63, 3.8) is 0 Å². The molecule has 178 valence electrons. The standard InChI is InChI=1S/C27H26N4O4/c1-19(26(32)30-12-14-34-15-13-30)35-27(33)22-16-24(21-10-6-3-7-11-21)29-25-23(22)17-28-31(25)18-20-8-4-2-5-9-20/h2-11,16-17,19H,12-15,18H2,1H3. The zero-order valence-electron chi connectivity index (χ0n) is 19.5. The zero-order chi connectivity index (χ0) is 24.2. The van der Waals surface area contributed by atoms with Crippen molar-refractivity contribution in [3.05, 3.63) is 84.1 Å². The van der Waals surface area contributed by atoms with Gasteiger partial charge in [0.05, 0.1) is 42.6 Å². The number of hydrogen-bond donors (Lipinski definition) is 0. The molecular weight excluding hydrogens is 444 g/mol. The molecule has 2 aromatic carbocycles. The number of pyridine rings is 1. The summed E-state index contributed by atoms with van der Waals surface area (Å²) in [6.45, 7) is 4.06. The number of rotatable bonds is 6. The topological polar surface area (TPSA) is 86.5 Å². The summed E-state index contributed by atoms with van der Waals surface area (Å²) in [4.78, 5) is 32.6. The van der Waals surface area contributed by atoms with Crippen molar-refractivity contribution in [3.8, 4) is 11.3 Å². The lowest BCUT2D eigenvalue weighted by Gasteiger charge is -2.29. The fourth-order valence-corrected chi connectivity index (χ4v) is 4.16. The Bertz CT molecular complexity index is 1330. The fraction of sp³-hybridized carbons (Fsp3) is 0.259. The highest BCUT2D eigenvalue weighted by molar-refractivity contribution is 6.04. The summed E-state index contributed by atoms with van der Waals surface area (Å²) in [6, 6.07) is 21.3. The minimum Gasteiger partial charge on any atom is -0.449 e. The Morgan fingerprint density at radius 1 is 1.03 bits per heavy atom. The molecule has 1 fully saturated rings. The van der Waals surface area contributed by atoms with E-state index in [-0.39, 0.29) is 5.91 Å². The molecule has 8 nitrogen and oxygen atoms in total. The first-order chi connectivity index (χ1) is 17.1. The number of esters is 1. The first kappa shape index (κ1) is 22.7.